The van der Waals surface area contributed by atoms with Crippen LogP contribution >= 0.6 is 0 Å². The largest absolute Gasteiger partial charge is 0.365 e. The van der Waals surface area contributed by atoms with E-state index in [2.05, 4.69) is 52.5 Å². The smallest absolute Gasteiger partial charge is 0.0601 e. The lowest BCUT2D eigenvalue weighted by Crippen LogP contribution is -2.31. The maximum Gasteiger partial charge on any atom is 0.0601 e. The van der Waals surface area contributed by atoms with Crippen molar-refractivity contribution in [3.8, 4) is 0 Å². The Morgan fingerprint density at radius 2 is 2.05 bits per heavy atom. The van der Waals surface area contributed by atoms with Crippen LogP contribution in [0.5, 0.6) is 0 Å². The molecule has 0 unspecified atom stereocenters. The van der Waals surface area contributed by atoms with Gasteiger partial charge >= 0.3 is 0 Å². The molecule has 3 heteroatoms. The van der Waals surface area contributed by atoms with E-state index in [4.69, 9.17) is 0 Å². The molecule has 3 nitrogen and oxygen atoms in total. The van der Waals surface area contributed by atoms with Crippen molar-refractivity contribution in [2.75, 3.05) is 18.0 Å². The second kappa shape index (κ2) is 6.06. The molecule has 1 aliphatic rings. The molecule has 0 spiro atoms. The van der Waals surface area contributed by atoms with E-state index in [1.807, 2.05) is 12.4 Å². The molecule has 0 atom stereocenters. The number of nitrogens with zero attached hydrogens (tertiary/aromatic N) is 2. The molecule has 2 aromatic rings. The summed E-state index contributed by atoms with van der Waals surface area (Å²) in [6.07, 6.45) is 5.00. The van der Waals surface area contributed by atoms with E-state index in [1.165, 1.54) is 22.4 Å². The first-order valence-corrected chi connectivity index (χ1v) is 7.34. The van der Waals surface area contributed by atoms with Crippen LogP contribution in [0, 0.1) is 0 Å². The summed E-state index contributed by atoms with van der Waals surface area (Å²) in [4.78, 5) is 6.76. The molecule has 0 aliphatic carbocycles. The summed E-state index contributed by atoms with van der Waals surface area (Å²) in [5.74, 6) is 0. The van der Waals surface area contributed by atoms with E-state index >= 15 is 0 Å². The molecule has 1 N–H and O–H groups in total. The Labute approximate surface area is 120 Å². The van der Waals surface area contributed by atoms with Gasteiger partial charge in [0.05, 0.1) is 11.9 Å². The van der Waals surface area contributed by atoms with Gasteiger partial charge in [-0.1, -0.05) is 31.2 Å². The highest BCUT2D eigenvalue weighted by atomic mass is 15.1. The number of nitrogens with one attached hydrogen (secondary N) is 1. The topological polar surface area (TPSA) is 28.2 Å². The first-order valence-electron chi connectivity index (χ1n) is 7.34. The van der Waals surface area contributed by atoms with Crippen LogP contribution in [0.15, 0.2) is 42.7 Å². The standard InChI is InChI=1S/C17H21N3/c1-2-18-11-15-7-9-19-12-17(15)20-10-8-14-5-3-4-6-16(14)13-20/h3-7,9,12,18H,2,8,10-11,13H2,1H3. The Bertz CT molecular complexity index is 580. The van der Waals surface area contributed by atoms with Gasteiger partial charge in [-0.25, -0.2) is 0 Å². The average Bonchev–Trinajstić information content (AvgIpc) is 2.53. The molecule has 0 saturated heterocycles. The monoisotopic (exact) mass is 267 g/mol. The van der Waals surface area contributed by atoms with Crippen molar-refractivity contribution in [1.29, 1.82) is 0 Å². The summed E-state index contributed by atoms with van der Waals surface area (Å²) in [6, 6.07) is 10.9. The summed E-state index contributed by atoms with van der Waals surface area (Å²) in [5.41, 5.74) is 5.53. The normalized spacial score (nSPS) is 14.2. The van der Waals surface area contributed by atoms with Gasteiger partial charge in [-0.15, -0.1) is 0 Å². The van der Waals surface area contributed by atoms with E-state index < -0.39 is 0 Å². The van der Waals surface area contributed by atoms with Crippen molar-refractivity contribution in [3.05, 3.63) is 59.4 Å². The van der Waals surface area contributed by atoms with Gasteiger partial charge < -0.3 is 10.2 Å². The maximum absolute atomic E-state index is 4.32. The van der Waals surface area contributed by atoms with Gasteiger partial charge in [0.1, 0.15) is 0 Å². The Morgan fingerprint density at radius 1 is 1.20 bits per heavy atom. The minimum Gasteiger partial charge on any atom is -0.365 e. The fourth-order valence-corrected chi connectivity index (χ4v) is 2.81. The third-order valence-electron chi connectivity index (χ3n) is 3.92. The highest BCUT2D eigenvalue weighted by Crippen LogP contribution is 2.26. The van der Waals surface area contributed by atoms with Crippen molar-refractivity contribution in [1.82, 2.24) is 10.3 Å². The van der Waals surface area contributed by atoms with Crippen molar-refractivity contribution in [2.24, 2.45) is 0 Å². The Balaban J connectivity index is 1.84. The van der Waals surface area contributed by atoms with E-state index in [0.29, 0.717) is 0 Å². The lowest BCUT2D eigenvalue weighted by molar-refractivity contribution is 0.698. The van der Waals surface area contributed by atoms with Gasteiger partial charge in [0.25, 0.3) is 0 Å². The van der Waals surface area contributed by atoms with Gasteiger partial charge in [0, 0.05) is 25.8 Å². The Hall–Kier alpha value is -1.87. The van der Waals surface area contributed by atoms with Crippen molar-refractivity contribution >= 4 is 5.69 Å². The molecule has 3 rings (SSSR count). The molecule has 0 bridgehead atoms. The van der Waals surface area contributed by atoms with Crippen LogP contribution in [0.2, 0.25) is 0 Å². The number of aromatic nitrogens is 1. The maximum atomic E-state index is 4.32. The highest BCUT2D eigenvalue weighted by Gasteiger charge is 2.18. The van der Waals surface area contributed by atoms with Gasteiger partial charge in [0.2, 0.25) is 0 Å². The zero-order valence-corrected chi connectivity index (χ0v) is 12.0. The molecule has 104 valence electrons. The third-order valence-corrected chi connectivity index (χ3v) is 3.92. The van der Waals surface area contributed by atoms with E-state index in [0.717, 1.165) is 32.6 Å². The molecule has 0 amide bonds. The minimum absolute atomic E-state index is 0.909. The van der Waals surface area contributed by atoms with Crippen LogP contribution in [0.4, 0.5) is 5.69 Å². The number of benzene rings is 1. The summed E-state index contributed by atoms with van der Waals surface area (Å²) in [5, 5.41) is 3.41. The number of hydrogen-bond donors (Lipinski definition) is 1. The van der Waals surface area contributed by atoms with E-state index in [1.54, 1.807) is 0 Å². The molecule has 2 heterocycles. The van der Waals surface area contributed by atoms with Crippen molar-refractivity contribution < 1.29 is 0 Å². The summed E-state index contributed by atoms with van der Waals surface area (Å²) in [7, 11) is 0. The lowest BCUT2D eigenvalue weighted by Gasteiger charge is -2.32. The predicted octanol–water partition coefficient (Wildman–Crippen LogP) is 2.75. The molecule has 0 saturated carbocycles. The molecule has 1 aromatic heterocycles. The van der Waals surface area contributed by atoms with Crippen LogP contribution < -0.4 is 10.2 Å². The molecule has 20 heavy (non-hydrogen) atoms. The summed E-state index contributed by atoms with van der Waals surface area (Å²) >= 11 is 0. The first kappa shape index (κ1) is 13.1. The second-order valence-corrected chi connectivity index (χ2v) is 5.22. The molecular formula is C17H21N3. The number of rotatable bonds is 4. The number of fused-ring (bicyclic) bond motifs is 1. The fraction of sp³-hybridized carbons (Fsp3) is 0.353. The van der Waals surface area contributed by atoms with Crippen LogP contribution in [0.3, 0.4) is 0 Å². The van der Waals surface area contributed by atoms with Crippen LogP contribution in [0.1, 0.15) is 23.6 Å². The second-order valence-electron chi connectivity index (χ2n) is 5.22. The Kier molecular flexibility index (Phi) is 3.97. The Morgan fingerprint density at radius 3 is 2.90 bits per heavy atom. The summed E-state index contributed by atoms with van der Waals surface area (Å²) in [6.45, 7) is 6.10. The highest BCUT2D eigenvalue weighted by molar-refractivity contribution is 5.54. The number of anilines is 1. The number of hydrogen-bond acceptors (Lipinski definition) is 3. The van der Waals surface area contributed by atoms with Crippen LogP contribution in [0.25, 0.3) is 0 Å². The zero-order valence-electron chi connectivity index (χ0n) is 12.0. The average molecular weight is 267 g/mol. The molecule has 0 fully saturated rings. The predicted molar refractivity (Wildman–Crippen MR) is 82.8 cm³/mol. The van der Waals surface area contributed by atoms with Gasteiger partial charge in [-0.3, -0.25) is 4.98 Å². The summed E-state index contributed by atoms with van der Waals surface area (Å²) < 4.78 is 0. The zero-order chi connectivity index (χ0) is 13.8. The minimum atomic E-state index is 0.909. The lowest BCUT2D eigenvalue weighted by atomic mass is 9.99. The van der Waals surface area contributed by atoms with E-state index in [-0.39, 0.29) is 0 Å². The van der Waals surface area contributed by atoms with Crippen LogP contribution in [-0.4, -0.2) is 18.1 Å². The van der Waals surface area contributed by atoms with Crippen molar-refractivity contribution in [2.45, 2.75) is 26.4 Å². The third kappa shape index (κ3) is 2.68. The molecule has 1 aliphatic heterocycles. The number of pyridine rings is 1. The van der Waals surface area contributed by atoms with Crippen LogP contribution in [-0.2, 0) is 19.5 Å². The molecule has 1 aromatic carbocycles. The molecule has 0 radical (unpaired) electrons. The van der Waals surface area contributed by atoms with Gasteiger partial charge in [0.15, 0.2) is 0 Å². The van der Waals surface area contributed by atoms with Gasteiger partial charge in [-0.05, 0) is 35.7 Å². The van der Waals surface area contributed by atoms with Crippen molar-refractivity contribution in [3.63, 3.8) is 0 Å². The SMILES string of the molecule is CCNCc1ccncc1N1CCc2ccccc2C1. The quantitative estimate of drug-likeness (QED) is 0.923. The van der Waals surface area contributed by atoms with Gasteiger partial charge in [-0.2, -0.15) is 0 Å². The van der Waals surface area contributed by atoms with E-state index in [9.17, 15) is 0 Å². The molecular weight excluding hydrogens is 246 g/mol. The first-order chi connectivity index (χ1) is 9.88. The fourth-order valence-electron chi connectivity index (χ4n) is 2.81.